The monoisotopic (exact) mass is 445 g/mol. The van der Waals surface area contributed by atoms with Gasteiger partial charge in [-0.05, 0) is 41.8 Å². The predicted molar refractivity (Wildman–Crippen MR) is 109 cm³/mol. The number of hydrogen-bond donors (Lipinski definition) is 3. The van der Waals surface area contributed by atoms with Crippen LogP contribution in [0.2, 0.25) is 0 Å². The van der Waals surface area contributed by atoms with Gasteiger partial charge in [-0.15, -0.1) is 24.0 Å². The van der Waals surface area contributed by atoms with Crippen molar-refractivity contribution in [3.63, 3.8) is 0 Å². The summed E-state index contributed by atoms with van der Waals surface area (Å²) in [5.74, 6) is 0.710. The van der Waals surface area contributed by atoms with Gasteiger partial charge < -0.3 is 15.7 Å². The molecule has 23 heavy (non-hydrogen) atoms. The lowest BCUT2D eigenvalue weighted by molar-refractivity contribution is 0.0621. The molecule has 6 heteroatoms. The van der Waals surface area contributed by atoms with E-state index in [9.17, 15) is 5.11 Å². The van der Waals surface area contributed by atoms with Gasteiger partial charge in [0.15, 0.2) is 5.96 Å². The van der Waals surface area contributed by atoms with E-state index < -0.39 is 5.60 Å². The van der Waals surface area contributed by atoms with Crippen LogP contribution in [-0.4, -0.2) is 24.2 Å². The molecule has 0 spiro atoms. The normalized spacial score (nSPS) is 13.8. The highest BCUT2D eigenvalue weighted by Crippen LogP contribution is 2.21. The van der Waals surface area contributed by atoms with E-state index in [1.165, 1.54) is 0 Å². The molecule has 1 unspecified atom stereocenters. The van der Waals surface area contributed by atoms with E-state index >= 15 is 0 Å². The third kappa shape index (κ3) is 6.48. The summed E-state index contributed by atoms with van der Waals surface area (Å²) in [4.78, 5) is 4.55. The van der Waals surface area contributed by atoms with Gasteiger partial charge >= 0.3 is 0 Å². The smallest absolute Gasteiger partial charge is 0.191 e. The number of rotatable bonds is 6. The number of guanidine groups is 1. The van der Waals surface area contributed by atoms with E-state index in [0.717, 1.165) is 17.7 Å². The Bertz CT molecular complexity index is 585. The zero-order valence-electron chi connectivity index (χ0n) is 13.5. The second-order valence-corrected chi connectivity index (χ2v) is 6.10. The van der Waals surface area contributed by atoms with Crippen LogP contribution in [-0.2, 0) is 12.1 Å². The second-order valence-electron chi connectivity index (χ2n) is 5.32. The molecule has 1 aromatic heterocycles. The van der Waals surface area contributed by atoms with Crippen LogP contribution in [0.15, 0.2) is 52.2 Å². The molecule has 2 rings (SSSR count). The maximum Gasteiger partial charge on any atom is 0.191 e. The molecule has 0 aliphatic carbocycles. The first-order valence-electron chi connectivity index (χ1n) is 7.43. The maximum atomic E-state index is 10.5. The fourth-order valence-electron chi connectivity index (χ4n) is 2.02. The van der Waals surface area contributed by atoms with Crippen molar-refractivity contribution < 1.29 is 5.11 Å². The van der Waals surface area contributed by atoms with Gasteiger partial charge in [-0.2, -0.15) is 11.3 Å². The van der Waals surface area contributed by atoms with Crippen LogP contribution in [0.3, 0.4) is 0 Å². The summed E-state index contributed by atoms with van der Waals surface area (Å²) < 4.78 is 0. The molecular weight excluding hydrogens is 421 g/mol. The number of nitrogens with one attached hydrogen (secondary N) is 2. The van der Waals surface area contributed by atoms with Gasteiger partial charge in [0.2, 0.25) is 0 Å². The standard InChI is InChI=1S/C17H23N3OS.HI/c1-3-18-16(19-11-14-7-5-4-6-8-14)20-13-17(2,21)15-9-10-22-12-15;/h4-10,12,21H,3,11,13H2,1-2H3,(H2,18,19,20);1H. The Kier molecular flexibility index (Phi) is 8.57. The van der Waals surface area contributed by atoms with E-state index in [1.807, 2.05) is 48.9 Å². The minimum absolute atomic E-state index is 0. The molecule has 0 saturated carbocycles. The summed E-state index contributed by atoms with van der Waals surface area (Å²) in [6.45, 7) is 5.63. The number of benzene rings is 1. The van der Waals surface area contributed by atoms with Gasteiger partial charge in [0.05, 0.1) is 13.1 Å². The fourth-order valence-corrected chi connectivity index (χ4v) is 2.81. The van der Waals surface area contributed by atoms with Crippen molar-refractivity contribution in [1.29, 1.82) is 0 Å². The fraction of sp³-hybridized carbons (Fsp3) is 0.353. The van der Waals surface area contributed by atoms with Crippen molar-refractivity contribution in [1.82, 2.24) is 10.6 Å². The Morgan fingerprint density at radius 2 is 1.96 bits per heavy atom. The van der Waals surface area contributed by atoms with E-state index in [1.54, 1.807) is 11.3 Å². The van der Waals surface area contributed by atoms with Gasteiger partial charge in [0.25, 0.3) is 0 Å². The van der Waals surface area contributed by atoms with Crippen molar-refractivity contribution in [3.05, 3.63) is 58.3 Å². The van der Waals surface area contributed by atoms with E-state index in [4.69, 9.17) is 0 Å². The van der Waals surface area contributed by atoms with Gasteiger partial charge in [0.1, 0.15) is 5.60 Å². The van der Waals surface area contributed by atoms with Gasteiger partial charge in [-0.1, -0.05) is 30.3 Å². The number of aliphatic imine (C=N–C) groups is 1. The molecule has 0 radical (unpaired) electrons. The summed E-state index contributed by atoms with van der Waals surface area (Å²) >= 11 is 1.58. The predicted octanol–water partition coefficient (Wildman–Crippen LogP) is 3.33. The molecule has 3 N–H and O–H groups in total. The van der Waals surface area contributed by atoms with Crippen molar-refractivity contribution in [2.45, 2.75) is 26.0 Å². The zero-order chi connectivity index (χ0) is 15.8. The second kappa shape index (κ2) is 9.89. The lowest BCUT2D eigenvalue weighted by Gasteiger charge is -2.24. The van der Waals surface area contributed by atoms with Gasteiger partial charge in [-0.25, -0.2) is 4.99 Å². The molecule has 0 fully saturated rings. The third-order valence-corrected chi connectivity index (χ3v) is 4.03. The largest absolute Gasteiger partial charge is 0.384 e. The maximum absolute atomic E-state index is 10.5. The zero-order valence-corrected chi connectivity index (χ0v) is 16.6. The number of thiophene rings is 1. The Morgan fingerprint density at radius 1 is 1.22 bits per heavy atom. The van der Waals surface area contributed by atoms with E-state index in [2.05, 4.69) is 27.8 Å². The molecule has 0 aliphatic rings. The van der Waals surface area contributed by atoms with Crippen LogP contribution >= 0.6 is 35.3 Å². The number of aliphatic hydroxyl groups is 1. The number of hydrogen-bond acceptors (Lipinski definition) is 3. The lowest BCUT2D eigenvalue weighted by atomic mass is 9.99. The molecule has 0 saturated heterocycles. The lowest BCUT2D eigenvalue weighted by Crippen LogP contribution is -2.44. The van der Waals surface area contributed by atoms with Crippen molar-refractivity contribution in [3.8, 4) is 0 Å². The molecule has 0 bridgehead atoms. The summed E-state index contributed by atoms with van der Waals surface area (Å²) in [6, 6.07) is 12.1. The van der Waals surface area contributed by atoms with Gasteiger partial charge in [-0.3, -0.25) is 0 Å². The third-order valence-electron chi connectivity index (χ3n) is 3.35. The van der Waals surface area contributed by atoms with Crippen LogP contribution in [0.25, 0.3) is 0 Å². The van der Waals surface area contributed by atoms with Crippen molar-refractivity contribution >= 4 is 41.3 Å². The quantitative estimate of drug-likeness (QED) is 0.363. The summed E-state index contributed by atoms with van der Waals surface area (Å²) in [5, 5.41) is 20.9. The van der Waals surface area contributed by atoms with Crippen LogP contribution < -0.4 is 10.6 Å². The van der Waals surface area contributed by atoms with Crippen molar-refractivity contribution in [2.24, 2.45) is 4.99 Å². The Hall–Kier alpha value is -1.12. The molecule has 0 aliphatic heterocycles. The SMILES string of the molecule is CCNC(=NCc1ccccc1)NCC(C)(O)c1ccsc1.I. The van der Waals surface area contributed by atoms with Gasteiger partial charge in [0, 0.05) is 6.54 Å². The molecule has 4 nitrogen and oxygen atoms in total. The molecular formula is C17H24IN3OS. The Labute approximate surface area is 159 Å². The topological polar surface area (TPSA) is 56.7 Å². The average Bonchev–Trinajstić information content (AvgIpc) is 3.06. The summed E-state index contributed by atoms with van der Waals surface area (Å²) in [5.41, 5.74) is 1.16. The minimum atomic E-state index is -0.914. The van der Waals surface area contributed by atoms with Crippen molar-refractivity contribution in [2.75, 3.05) is 13.1 Å². The van der Waals surface area contributed by atoms with E-state index in [-0.39, 0.29) is 24.0 Å². The summed E-state index contributed by atoms with van der Waals surface area (Å²) in [7, 11) is 0. The highest BCUT2D eigenvalue weighted by atomic mass is 127. The van der Waals surface area contributed by atoms with Crippen LogP contribution in [0, 0.1) is 0 Å². The first-order chi connectivity index (χ1) is 10.6. The number of halogens is 1. The molecule has 0 amide bonds. The average molecular weight is 445 g/mol. The molecule has 1 aromatic carbocycles. The Balaban J connectivity index is 0.00000264. The van der Waals surface area contributed by atoms with E-state index in [0.29, 0.717) is 19.0 Å². The highest BCUT2D eigenvalue weighted by molar-refractivity contribution is 14.0. The Morgan fingerprint density at radius 3 is 2.57 bits per heavy atom. The highest BCUT2D eigenvalue weighted by Gasteiger charge is 2.23. The first-order valence-corrected chi connectivity index (χ1v) is 8.37. The van der Waals surface area contributed by atoms with Crippen LogP contribution in [0.1, 0.15) is 25.0 Å². The molecule has 2 aromatic rings. The molecule has 126 valence electrons. The molecule has 1 atom stereocenters. The minimum Gasteiger partial charge on any atom is -0.384 e. The summed E-state index contributed by atoms with van der Waals surface area (Å²) in [6.07, 6.45) is 0. The first kappa shape index (κ1) is 19.9. The molecule has 1 heterocycles. The van der Waals surface area contributed by atoms with Crippen LogP contribution in [0.4, 0.5) is 0 Å². The van der Waals surface area contributed by atoms with Crippen LogP contribution in [0.5, 0.6) is 0 Å². The number of nitrogens with zero attached hydrogens (tertiary/aromatic N) is 1.